The second-order valence-electron chi connectivity index (χ2n) is 5.74. The minimum Gasteiger partial charge on any atom is -0.382 e. The second-order valence-corrected chi connectivity index (χ2v) is 8.25. The van der Waals surface area contributed by atoms with Crippen LogP contribution in [-0.2, 0) is 16.3 Å². The first-order valence-corrected chi connectivity index (χ1v) is 9.00. The smallest absolute Gasteiger partial charge is 0.328 e. The van der Waals surface area contributed by atoms with E-state index in [1.807, 2.05) is 30.3 Å². The Hall–Kier alpha value is -2.68. The van der Waals surface area contributed by atoms with Crippen molar-refractivity contribution < 1.29 is 4.21 Å². The number of aromatic amines is 1. The molecule has 126 valence electrons. The summed E-state index contributed by atoms with van der Waals surface area (Å²) in [6, 6.07) is 9.41. The van der Waals surface area contributed by atoms with Gasteiger partial charge in [-0.25, -0.2) is 18.8 Å². The monoisotopic (exact) mass is 346 g/mol. The molecule has 3 rings (SSSR count). The van der Waals surface area contributed by atoms with Gasteiger partial charge in [0, 0.05) is 5.25 Å². The van der Waals surface area contributed by atoms with Crippen LogP contribution in [-0.4, -0.2) is 29.0 Å². The van der Waals surface area contributed by atoms with Crippen molar-refractivity contribution in [3.8, 4) is 0 Å². The Labute approximate surface area is 138 Å². The zero-order chi connectivity index (χ0) is 17.5. The minimum absolute atomic E-state index is 0.0135. The zero-order valence-corrected chi connectivity index (χ0v) is 14.1. The van der Waals surface area contributed by atoms with Gasteiger partial charge in [0.15, 0.2) is 11.5 Å². The molecule has 0 radical (unpaired) electrons. The van der Waals surface area contributed by atoms with Crippen LogP contribution in [0.1, 0.15) is 19.4 Å². The van der Waals surface area contributed by atoms with Crippen LogP contribution in [0.5, 0.6) is 0 Å². The van der Waals surface area contributed by atoms with Crippen molar-refractivity contribution in [1.82, 2.24) is 19.5 Å². The Morgan fingerprint density at radius 2 is 1.96 bits per heavy atom. The van der Waals surface area contributed by atoms with Crippen molar-refractivity contribution in [3.05, 3.63) is 46.4 Å². The van der Waals surface area contributed by atoms with E-state index in [0.717, 1.165) is 5.56 Å². The summed E-state index contributed by atoms with van der Waals surface area (Å²) in [5.41, 5.74) is 6.96. The van der Waals surface area contributed by atoms with Gasteiger partial charge in [-0.1, -0.05) is 30.3 Å². The lowest BCUT2D eigenvalue weighted by Crippen LogP contribution is -2.19. The lowest BCUT2D eigenvalue weighted by molar-refractivity contribution is 0.658. The lowest BCUT2D eigenvalue weighted by Gasteiger charge is -2.10. The molecule has 0 saturated heterocycles. The Bertz CT molecular complexity index is 1050. The van der Waals surface area contributed by atoms with Crippen molar-refractivity contribution in [2.45, 2.75) is 30.8 Å². The molecule has 0 aliphatic carbocycles. The van der Waals surface area contributed by atoms with Crippen LogP contribution in [0.4, 0.5) is 5.82 Å². The van der Waals surface area contributed by atoms with E-state index in [1.165, 1.54) is 4.57 Å². The second kappa shape index (κ2) is 5.75. The fourth-order valence-corrected chi connectivity index (χ4v) is 3.17. The van der Waals surface area contributed by atoms with E-state index in [-0.39, 0.29) is 28.9 Å². The molecule has 1 atom stereocenters. The van der Waals surface area contributed by atoms with E-state index >= 15 is 0 Å². The number of nitrogens with one attached hydrogen (secondary N) is 2. The molecule has 9 heteroatoms. The van der Waals surface area contributed by atoms with Gasteiger partial charge < -0.3 is 10.7 Å². The van der Waals surface area contributed by atoms with Gasteiger partial charge in [-0.2, -0.15) is 4.98 Å². The molecule has 0 fully saturated rings. The Balaban J connectivity index is 2.22. The number of nitrogens with zero attached hydrogens (tertiary/aromatic N) is 3. The summed E-state index contributed by atoms with van der Waals surface area (Å²) in [4.78, 5) is 23.1. The third-order valence-corrected chi connectivity index (χ3v) is 5.80. The van der Waals surface area contributed by atoms with Gasteiger partial charge >= 0.3 is 5.69 Å². The SMILES string of the molecule is CC(C)S(=N)(=O)c1nc(N)c2[nH]c(=O)n(Cc3ccccc3)c2n1. The average Bonchev–Trinajstić information content (AvgIpc) is 2.85. The molecule has 1 aromatic carbocycles. The number of fused-ring (bicyclic) bond motifs is 1. The summed E-state index contributed by atoms with van der Waals surface area (Å²) < 4.78 is 22.0. The molecule has 0 saturated carbocycles. The van der Waals surface area contributed by atoms with Crippen molar-refractivity contribution in [2.75, 3.05) is 5.73 Å². The Kier molecular flexibility index (Phi) is 3.88. The summed E-state index contributed by atoms with van der Waals surface area (Å²) >= 11 is 0. The van der Waals surface area contributed by atoms with E-state index in [2.05, 4.69) is 15.0 Å². The highest BCUT2D eigenvalue weighted by molar-refractivity contribution is 7.92. The van der Waals surface area contributed by atoms with Gasteiger partial charge in [0.1, 0.15) is 15.2 Å². The molecular formula is C15H18N6O2S. The summed E-state index contributed by atoms with van der Waals surface area (Å²) in [6.45, 7) is 3.61. The van der Waals surface area contributed by atoms with Gasteiger partial charge in [-0.3, -0.25) is 4.57 Å². The highest BCUT2D eigenvalue weighted by Gasteiger charge is 2.22. The fraction of sp³-hybridized carbons (Fsp3) is 0.267. The van der Waals surface area contributed by atoms with Gasteiger partial charge in [-0.15, -0.1) is 0 Å². The van der Waals surface area contributed by atoms with Gasteiger partial charge in [0.25, 0.3) is 0 Å². The first-order valence-electron chi connectivity index (χ1n) is 7.38. The number of nitrogens with two attached hydrogens (primary N) is 1. The topological polar surface area (TPSA) is 131 Å². The van der Waals surface area contributed by atoms with E-state index in [9.17, 15) is 9.00 Å². The predicted octanol–water partition coefficient (Wildman–Crippen LogP) is 1.56. The lowest BCUT2D eigenvalue weighted by atomic mass is 10.2. The first-order chi connectivity index (χ1) is 11.3. The summed E-state index contributed by atoms with van der Waals surface area (Å²) in [5, 5.41) is -0.620. The molecule has 0 aliphatic heterocycles. The fourth-order valence-electron chi connectivity index (χ4n) is 2.29. The molecule has 0 spiro atoms. The number of anilines is 1. The molecule has 0 bridgehead atoms. The standard InChI is InChI=1S/C15H18N6O2S/c1-9(2)24(17,23)14-19-12(16)11-13(20-14)21(15(22)18-11)8-10-6-4-3-5-7-10/h3-7,9,17H,8H2,1-2H3,(H,18,22)(H2,16,19,20). The van der Waals surface area contributed by atoms with Crippen LogP contribution in [0, 0.1) is 4.78 Å². The number of imidazole rings is 1. The molecule has 4 N–H and O–H groups in total. The van der Waals surface area contributed by atoms with Gasteiger partial charge in [0.2, 0.25) is 5.16 Å². The highest BCUT2D eigenvalue weighted by Crippen LogP contribution is 2.20. The first kappa shape index (κ1) is 16.2. The zero-order valence-electron chi connectivity index (χ0n) is 13.3. The van der Waals surface area contributed by atoms with Crippen molar-refractivity contribution in [3.63, 3.8) is 0 Å². The largest absolute Gasteiger partial charge is 0.382 e. The minimum atomic E-state index is -3.20. The van der Waals surface area contributed by atoms with Crippen LogP contribution >= 0.6 is 0 Å². The van der Waals surface area contributed by atoms with Crippen LogP contribution in [0.25, 0.3) is 11.2 Å². The van der Waals surface area contributed by atoms with E-state index < -0.39 is 15.0 Å². The highest BCUT2D eigenvalue weighted by atomic mass is 32.2. The summed E-state index contributed by atoms with van der Waals surface area (Å²) in [6.07, 6.45) is 0. The average molecular weight is 346 g/mol. The molecule has 0 aliphatic rings. The number of nitrogen functional groups attached to an aromatic ring is 1. The number of rotatable bonds is 4. The molecule has 24 heavy (non-hydrogen) atoms. The third kappa shape index (κ3) is 2.67. The van der Waals surface area contributed by atoms with E-state index in [4.69, 9.17) is 10.5 Å². The molecule has 3 aromatic rings. The summed E-state index contributed by atoms with van der Waals surface area (Å²) in [5.74, 6) is 0.0135. The van der Waals surface area contributed by atoms with E-state index in [1.54, 1.807) is 13.8 Å². The number of benzene rings is 1. The molecule has 0 amide bonds. The molecule has 8 nitrogen and oxygen atoms in total. The number of H-pyrrole nitrogens is 1. The van der Waals surface area contributed by atoms with E-state index in [0.29, 0.717) is 5.52 Å². The number of hydrogen-bond donors (Lipinski definition) is 3. The third-order valence-electron chi connectivity index (χ3n) is 3.75. The number of aromatic nitrogens is 4. The normalized spacial score (nSPS) is 14.1. The maximum absolute atomic E-state index is 12.5. The molecule has 2 heterocycles. The number of hydrogen-bond acceptors (Lipinski definition) is 6. The maximum Gasteiger partial charge on any atom is 0.328 e. The van der Waals surface area contributed by atoms with Gasteiger partial charge in [0.05, 0.1) is 6.54 Å². The molecule has 2 aromatic heterocycles. The Morgan fingerprint density at radius 1 is 1.29 bits per heavy atom. The Morgan fingerprint density at radius 3 is 2.58 bits per heavy atom. The summed E-state index contributed by atoms with van der Waals surface area (Å²) in [7, 11) is -3.20. The van der Waals surface area contributed by atoms with Crippen LogP contribution in [0.15, 0.2) is 40.3 Å². The predicted molar refractivity (Wildman–Crippen MR) is 92.4 cm³/mol. The van der Waals surface area contributed by atoms with Crippen LogP contribution in [0.2, 0.25) is 0 Å². The quantitative estimate of drug-likeness (QED) is 0.617. The van der Waals surface area contributed by atoms with Crippen LogP contribution in [0.3, 0.4) is 0 Å². The molecular weight excluding hydrogens is 328 g/mol. The molecule has 1 unspecified atom stereocenters. The maximum atomic E-state index is 12.5. The van der Waals surface area contributed by atoms with Crippen molar-refractivity contribution >= 4 is 26.7 Å². The van der Waals surface area contributed by atoms with Crippen LogP contribution < -0.4 is 11.4 Å². The van der Waals surface area contributed by atoms with Crippen molar-refractivity contribution in [2.24, 2.45) is 0 Å². The van der Waals surface area contributed by atoms with Crippen molar-refractivity contribution in [1.29, 1.82) is 4.78 Å². The van der Waals surface area contributed by atoms with Gasteiger partial charge in [-0.05, 0) is 19.4 Å².